The van der Waals surface area contributed by atoms with Gasteiger partial charge in [0.25, 0.3) is 0 Å². The maximum absolute atomic E-state index is 15.3. The maximum atomic E-state index is 15.3. The molecule has 0 amide bonds. The van der Waals surface area contributed by atoms with Gasteiger partial charge < -0.3 is 0 Å². The lowest BCUT2D eigenvalue weighted by Gasteiger charge is -2.43. The van der Waals surface area contributed by atoms with Gasteiger partial charge in [0.15, 0.2) is 0 Å². The number of hydrogen-bond donors (Lipinski definition) is 0. The van der Waals surface area contributed by atoms with E-state index in [1.807, 2.05) is 0 Å². The maximum Gasteiger partial charge on any atom is 0.460 e. The number of alkyl halides is 17. The normalized spacial score (nSPS) is 15.2. The van der Waals surface area contributed by atoms with E-state index in [4.69, 9.17) is 34.8 Å². The fourth-order valence-corrected chi connectivity index (χ4v) is 9.44. The molecule has 0 aliphatic carbocycles. The molecule has 0 aliphatic heterocycles. The Hall–Kier alpha value is -2.40. The van der Waals surface area contributed by atoms with E-state index in [2.05, 4.69) is 3.63 Å². The molecule has 3 rings (SSSR count). The SMILES string of the molecule is O=S(=O)(OS(c1ccc(Cl)cc1)(c1ccc(Cl)cc1)c1ccc(Cl)cc1)C(F)(F)C(F)(F)C(F)(F)C(F)(F)C(F)(F)C(F)(F)C(F)(F)C(F)(F)F. The van der Waals surface area contributed by atoms with E-state index in [1.165, 1.54) is 0 Å². The van der Waals surface area contributed by atoms with E-state index in [9.17, 15) is 74.3 Å². The van der Waals surface area contributed by atoms with Crippen LogP contribution >= 0.6 is 45.1 Å². The van der Waals surface area contributed by atoms with Crippen LogP contribution in [0.1, 0.15) is 0 Å². The van der Waals surface area contributed by atoms with Gasteiger partial charge in [0.2, 0.25) is 0 Å². The van der Waals surface area contributed by atoms with Crippen molar-refractivity contribution in [1.82, 2.24) is 0 Å². The second kappa shape index (κ2) is 13.2. The molecule has 3 aromatic rings. The number of rotatable bonds is 12. The van der Waals surface area contributed by atoms with E-state index in [0.717, 1.165) is 72.8 Å². The van der Waals surface area contributed by atoms with Crippen LogP contribution in [0.4, 0.5) is 74.6 Å². The first-order chi connectivity index (χ1) is 22.7. The predicted molar refractivity (Wildman–Crippen MR) is 147 cm³/mol. The molecule has 0 aromatic heterocycles. The highest BCUT2D eigenvalue weighted by molar-refractivity contribution is 8.33. The molecule has 0 saturated carbocycles. The Kier molecular flexibility index (Phi) is 11.1. The van der Waals surface area contributed by atoms with Gasteiger partial charge in [-0.2, -0.15) is 83.1 Å². The minimum absolute atomic E-state index is 0.172. The zero-order chi connectivity index (χ0) is 39.7. The molecule has 0 atom stereocenters. The molecule has 0 spiro atoms. The lowest BCUT2D eigenvalue weighted by Crippen LogP contribution is -2.75. The van der Waals surface area contributed by atoms with Gasteiger partial charge in [0, 0.05) is 29.8 Å². The zero-order valence-corrected chi connectivity index (χ0v) is 27.4. The third-order valence-corrected chi connectivity index (χ3v) is 12.6. The molecule has 0 bridgehead atoms. The summed E-state index contributed by atoms with van der Waals surface area (Å²) in [5.74, 6) is -52.6. The van der Waals surface area contributed by atoms with Crippen LogP contribution in [0.3, 0.4) is 0 Å². The molecule has 0 N–H and O–H groups in total. The first-order valence-corrected chi connectivity index (χ1v) is 16.6. The molecule has 0 saturated heterocycles. The number of benzene rings is 3. The van der Waals surface area contributed by atoms with Gasteiger partial charge in [-0.15, -0.1) is 0 Å². The highest BCUT2D eigenvalue weighted by Gasteiger charge is 2.96. The van der Waals surface area contributed by atoms with Crippen LogP contribution in [-0.4, -0.2) is 55.4 Å². The Balaban J connectivity index is 2.34. The van der Waals surface area contributed by atoms with Gasteiger partial charge in [-0.1, -0.05) is 34.8 Å². The molecule has 0 radical (unpaired) electrons. The van der Waals surface area contributed by atoms with Gasteiger partial charge in [0.1, 0.15) is 0 Å². The summed E-state index contributed by atoms with van der Waals surface area (Å²) in [4.78, 5) is -1.93. The van der Waals surface area contributed by atoms with Gasteiger partial charge in [-0.05, 0) is 83.1 Å². The van der Waals surface area contributed by atoms with Crippen molar-refractivity contribution in [2.24, 2.45) is 0 Å². The van der Waals surface area contributed by atoms with Crippen LogP contribution < -0.4 is 0 Å². The van der Waals surface area contributed by atoms with E-state index in [-0.39, 0.29) is 15.1 Å². The van der Waals surface area contributed by atoms with Crippen LogP contribution in [-0.2, 0) is 13.7 Å². The van der Waals surface area contributed by atoms with Gasteiger partial charge in [-0.25, -0.2) is 3.63 Å². The Morgan fingerprint density at radius 3 is 0.882 bits per heavy atom. The van der Waals surface area contributed by atoms with Crippen LogP contribution in [0.15, 0.2) is 87.5 Å². The Morgan fingerprint density at radius 1 is 0.392 bits per heavy atom. The smallest absolute Gasteiger partial charge is 0.202 e. The van der Waals surface area contributed by atoms with Crippen molar-refractivity contribution in [2.75, 3.05) is 0 Å². The van der Waals surface area contributed by atoms with Gasteiger partial charge in [-0.3, -0.25) is 0 Å². The summed E-state index contributed by atoms with van der Waals surface area (Å²) in [6.07, 6.45) is -7.95. The van der Waals surface area contributed by atoms with Crippen molar-refractivity contribution in [2.45, 2.75) is 61.7 Å². The fraction of sp³-hybridized carbons (Fsp3) is 0.308. The molecule has 51 heavy (non-hydrogen) atoms. The second-order valence-electron chi connectivity index (χ2n) is 9.90. The van der Waals surface area contributed by atoms with Crippen molar-refractivity contribution in [3.8, 4) is 0 Å². The quantitative estimate of drug-likeness (QED) is 0.170. The summed E-state index contributed by atoms with van der Waals surface area (Å²) in [7, 11) is -12.7. The lowest BCUT2D eigenvalue weighted by molar-refractivity contribution is -0.458. The van der Waals surface area contributed by atoms with Gasteiger partial charge >= 0.3 is 57.1 Å². The minimum Gasteiger partial charge on any atom is -0.202 e. The summed E-state index contributed by atoms with van der Waals surface area (Å²) in [5, 5.41) is -8.45. The largest absolute Gasteiger partial charge is 0.460 e. The van der Waals surface area contributed by atoms with E-state index in [0.29, 0.717) is 0 Å². The molecular weight excluding hydrogens is 854 g/mol. The monoisotopic (exact) mass is 864 g/mol. The average Bonchev–Trinajstić information content (AvgIpc) is 3.00. The van der Waals surface area contributed by atoms with Crippen molar-refractivity contribution in [1.29, 1.82) is 0 Å². The minimum atomic E-state index is -9.01. The summed E-state index contributed by atoms with van der Waals surface area (Å²) in [5.41, 5.74) is 0. The van der Waals surface area contributed by atoms with Crippen molar-refractivity contribution >= 4 is 55.2 Å². The average molecular weight is 866 g/mol. The topological polar surface area (TPSA) is 43.4 Å². The number of hydrogen-bond acceptors (Lipinski definition) is 3. The second-order valence-corrected chi connectivity index (χ2v) is 15.7. The Labute approximate surface area is 290 Å². The molecule has 0 heterocycles. The van der Waals surface area contributed by atoms with Crippen LogP contribution in [0.2, 0.25) is 15.1 Å². The lowest BCUT2D eigenvalue weighted by atomic mass is 9.91. The highest BCUT2D eigenvalue weighted by atomic mass is 35.5. The molecule has 25 heteroatoms. The Bertz CT molecular complexity index is 1720. The summed E-state index contributed by atoms with van der Waals surface area (Å²) >= 11 is 17.4. The van der Waals surface area contributed by atoms with Gasteiger partial charge in [0.05, 0.1) is 0 Å². The van der Waals surface area contributed by atoms with E-state index < -0.39 is 82.1 Å². The molecule has 286 valence electrons. The Morgan fingerprint density at radius 2 is 0.627 bits per heavy atom. The summed E-state index contributed by atoms with van der Waals surface area (Å²) in [6, 6.07) is 10.3. The predicted octanol–water partition coefficient (Wildman–Crippen LogP) is 12.2. The van der Waals surface area contributed by atoms with Crippen molar-refractivity contribution in [3.63, 3.8) is 0 Å². The van der Waals surface area contributed by atoms with Crippen molar-refractivity contribution in [3.05, 3.63) is 87.9 Å². The van der Waals surface area contributed by atoms with Crippen LogP contribution in [0, 0.1) is 0 Å². The molecule has 0 unspecified atom stereocenters. The van der Waals surface area contributed by atoms with E-state index in [1.54, 1.807) is 0 Å². The molecule has 3 nitrogen and oxygen atoms in total. The van der Waals surface area contributed by atoms with Crippen molar-refractivity contribution < 1.29 is 86.7 Å². The summed E-state index contributed by atoms with van der Waals surface area (Å²) < 4.78 is 268. The molecule has 0 fully saturated rings. The molecule has 0 aliphatic rings. The molecule has 3 aromatic carbocycles. The zero-order valence-electron chi connectivity index (χ0n) is 23.5. The third-order valence-electron chi connectivity index (χ3n) is 6.64. The third kappa shape index (κ3) is 6.48. The van der Waals surface area contributed by atoms with E-state index >= 15 is 8.78 Å². The summed E-state index contributed by atoms with van der Waals surface area (Å²) in [6.45, 7) is 0. The molecular formula is C26H12Cl3F17O3S2. The standard InChI is InChI=1S/C26H12Cl3F17O3S2/c27-13-1-7-16(8-2-13)50(17-9-3-14(28)4-10-17,18-11-5-15(29)6-12-18)49-51(47,48)26(45,46)24(40,41)22(36,37)20(32,33)19(30,31)21(34,35)23(38,39)25(42,43)44/h1-12H. The fourth-order valence-electron chi connectivity index (χ4n) is 3.89. The highest BCUT2D eigenvalue weighted by Crippen LogP contribution is 2.72. The van der Waals surface area contributed by atoms with Crippen LogP contribution in [0.5, 0.6) is 0 Å². The first-order valence-electron chi connectivity index (χ1n) is 12.5. The van der Waals surface area contributed by atoms with Crippen LogP contribution in [0.25, 0.3) is 0 Å². The first kappa shape index (κ1) is 43.0. The number of halogens is 20.